The van der Waals surface area contributed by atoms with Crippen LogP contribution in [-0.2, 0) is 0 Å². The Hall–Kier alpha value is -2.33. The second kappa shape index (κ2) is 6.10. The highest BCUT2D eigenvalue weighted by Crippen LogP contribution is 2.48. The smallest absolute Gasteiger partial charge is 0.354 e. The Labute approximate surface area is 163 Å². The molecule has 0 saturated heterocycles. The highest BCUT2D eigenvalue weighted by molar-refractivity contribution is 6.32. The van der Waals surface area contributed by atoms with Gasteiger partial charge in [0.25, 0.3) is 0 Å². The number of hydrogen-bond acceptors (Lipinski definition) is 3. The summed E-state index contributed by atoms with van der Waals surface area (Å²) in [6.07, 6.45) is 4.82. The first-order chi connectivity index (χ1) is 13.0. The molecule has 2 saturated carbocycles. The standard InChI is InChI=1S/C22H22ClN3O/c1-12-6-9-15(12)16-10-14(13-7-8-13)11-19-20(16)21(24)25-22(27)26(19)18-5-3-2-4-17(18)23/h2-5,10-13,15H,6-9H2,1H3,(H2,24,25,27). The molecule has 3 aromatic rings. The predicted octanol–water partition coefficient (Wildman–Crippen LogP) is 5.01. The van der Waals surface area contributed by atoms with Crippen molar-refractivity contribution in [1.82, 2.24) is 9.55 Å². The molecule has 5 heteroatoms. The molecule has 1 heterocycles. The molecule has 2 fully saturated rings. The minimum atomic E-state index is -0.381. The van der Waals surface area contributed by atoms with E-state index in [-0.39, 0.29) is 5.69 Å². The SMILES string of the molecule is CC1CCC1c1cc(C2CC2)cc2c1c(N)nc(=O)n2-c1ccccc1Cl. The molecule has 0 amide bonds. The Morgan fingerprint density at radius 3 is 2.56 bits per heavy atom. The number of nitrogens with zero attached hydrogens (tertiary/aromatic N) is 2. The molecule has 2 unspecified atom stereocenters. The van der Waals surface area contributed by atoms with Crippen molar-refractivity contribution in [1.29, 1.82) is 0 Å². The average Bonchev–Trinajstić information content (AvgIpc) is 3.46. The Kier molecular flexibility index (Phi) is 3.80. The second-order valence-corrected chi connectivity index (χ2v) is 8.41. The van der Waals surface area contributed by atoms with E-state index < -0.39 is 0 Å². The van der Waals surface area contributed by atoms with Crippen molar-refractivity contribution < 1.29 is 0 Å². The van der Waals surface area contributed by atoms with Gasteiger partial charge in [-0.15, -0.1) is 0 Å². The number of fused-ring (bicyclic) bond motifs is 1. The molecule has 1 aromatic heterocycles. The molecule has 2 atom stereocenters. The van der Waals surface area contributed by atoms with Crippen LogP contribution >= 0.6 is 11.6 Å². The zero-order valence-electron chi connectivity index (χ0n) is 15.3. The number of halogens is 1. The first-order valence-electron chi connectivity index (χ1n) is 9.65. The van der Waals surface area contributed by atoms with E-state index in [9.17, 15) is 4.79 Å². The topological polar surface area (TPSA) is 60.9 Å². The van der Waals surface area contributed by atoms with E-state index in [1.807, 2.05) is 18.2 Å². The van der Waals surface area contributed by atoms with Gasteiger partial charge in [-0.05, 0) is 72.8 Å². The first kappa shape index (κ1) is 16.8. The van der Waals surface area contributed by atoms with Gasteiger partial charge < -0.3 is 5.73 Å². The van der Waals surface area contributed by atoms with Gasteiger partial charge in [0, 0.05) is 5.39 Å². The summed E-state index contributed by atoms with van der Waals surface area (Å²) in [4.78, 5) is 17.0. The lowest BCUT2D eigenvalue weighted by Gasteiger charge is -2.35. The normalized spacial score (nSPS) is 22.0. The maximum Gasteiger partial charge on any atom is 0.354 e. The fourth-order valence-electron chi connectivity index (χ4n) is 4.38. The van der Waals surface area contributed by atoms with Gasteiger partial charge in [-0.25, -0.2) is 4.79 Å². The van der Waals surface area contributed by atoms with Crippen molar-refractivity contribution in [2.24, 2.45) is 5.92 Å². The fourth-order valence-corrected chi connectivity index (χ4v) is 4.60. The van der Waals surface area contributed by atoms with Gasteiger partial charge in [0.05, 0.1) is 16.2 Å². The number of nitrogen functional groups attached to an aromatic ring is 1. The van der Waals surface area contributed by atoms with Crippen molar-refractivity contribution in [2.75, 3.05) is 5.73 Å². The zero-order chi connectivity index (χ0) is 18.7. The minimum Gasteiger partial charge on any atom is -0.383 e. The van der Waals surface area contributed by atoms with Gasteiger partial charge in [0.1, 0.15) is 5.82 Å². The van der Waals surface area contributed by atoms with E-state index in [0.29, 0.717) is 34.3 Å². The Balaban J connectivity index is 1.88. The monoisotopic (exact) mass is 379 g/mol. The van der Waals surface area contributed by atoms with E-state index in [4.69, 9.17) is 17.3 Å². The van der Waals surface area contributed by atoms with Gasteiger partial charge in [-0.3, -0.25) is 4.57 Å². The molecule has 5 rings (SSSR count). The third kappa shape index (κ3) is 2.66. The summed E-state index contributed by atoms with van der Waals surface area (Å²) >= 11 is 6.43. The van der Waals surface area contributed by atoms with Crippen LogP contribution in [0.5, 0.6) is 0 Å². The summed E-state index contributed by atoms with van der Waals surface area (Å²) in [5.41, 5.74) is 9.95. The van der Waals surface area contributed by atoms with Crippen LogP contribution in [0, 0.1) is 5.92 Å². The highest BCUT2D eigenvalue weighted by atomic mass is 35.5. The summed E-state index contributed by atoms with van der Waals surface area (Å²) < 4.78 is 1.63. The van der Waals surface area contributed by atoms with Crippen molar-refractivity contribution >= 4 is 28.3 Å². The molecule has 2 aromatic carbocycles. The van der Waals surface area contributed by atoms with Crippen LogP contribution < -0.4 is 11.4 Å². The summed E-state index contributed by atoms with van der Waals surface area (Å²) in [6, 6.07) is 11.8. The van der Waals surface area contributed by atoms with Crippen LogP contribution in [0.1, 0.15) is 55.6 Å². The third-order valence-corrected chi connectivity index (χ3v) is 6.56. The van der Waals surface area contributed by atoms with Crippen LogP contribution in [0.25, 0.3) is 16.6 Å². The van der Waals surface area contributed by atoms with Crippen molar-refractivity contribution in [2.45, 2.75) is 44.4 Å². The predicted molar refractivity (Wildman–Crippen MR) is 110 cm³/mol. The molecule has 0 bridgehead atoms. The maximum atomic E-state index is 12.8. The molecule has 0 aliphatic heterocycles. The Bertz CT molecular complexity index is 1120. The fraction of sp³-hybridized carbons (Fsp3) is 0.364. The number of rotatable bonds is 3. The van der Waals surface area contributed by atoms with Crippen molar-refractivity contribution in [3.8, 4) is 5.69 Å². The quantitative estimate of drug-likeness (QED) is 0.695. The van der Waals surface area contributed by atoms with Crippen LogP contribution in [0.3, 0.4) is 0 Å². The summed E-state index contributed by atoms with van der Waals surface area (Å²) in [5, 5.41) is 1.44. The average molecular weight is 380 g/mol. The molecule has 0 radical (unpaired) electrons. The van der Waals surface area contributed by atoms with Crippen LogP contribution in [0.2, 0.25) is 5.02 Å². The highest BCUT2D eigenvalue weighted by Gasteiger charge is 2.33. The number of para-hydroxylation sites is 1. The molecule has 2 aliphatic carbocycles. The first-order valence-corrected chi connectivity index (χ1v) is 10.0. The van der Waals surface area contributed by atoms with Gasteiger partial charge in [0.2, 0.25) is 0 Å². The lowest BCUT2D eigenvalue weighted by Crippen LogP contribution is -2.26. The molecule has 2 aliphatic rings. The maximum absolute atomic E-state index is 12.8. The van der Waals surface area contributed by atoms with Gasteiger partial charge >= 0.3 is 5.69 Å². The van der Waals surface area contributed by atoms with E-state index in [1.54, 1.807) is 10.6 Å². The van der Waals surface area contributed by atoms with Gasteiger partial charge in [-0.1, -0.05) is 36.7 Å². The number of benzene rings is 2. The van der Waals surface area contributed by atoms with E-state index in [2.05, 4.69) is 24.0 Å². The molecular formula is C22H22ClN3O. The van der Waals surface area contributed by atoms with Crippen LogP contribution in [0.15, 0.2) is 41.2 Å². The van der Waals surface area contributed by atoms with E-state index in [1.165, 1.54) is 30.4 Å². The van der Waals surface area contributed by atoms with Gasteiger partial charge in [-0.2, -0.15) is 4.98 Å². The number of anilines is 1. The molecule has 0 spiro atoms. The largest absolute Gasteiger partial charge is 0.383 e. The van der Waals surface area contributed by atoms with Crippen molar-refractivity contribution in [3.63, 3.8) is 0 Å². The van der Waals surface area contributed by atoms with Crippen LogP contribution in [-0.4, -0.2) is 9.55 Å². The number of nitrogens with two attached hydrogens (primary N) is 1. The molecule has 138 valence electrons. The molecule has 4 nitrogen and oxygen atoms in total. The molecule has 27 heavy (non-hydrogen) atoms. The number of hydrogen-bond donors (Lipinski definition) is 1. The lowest BCUT2D eigenvalue weighted by molar-refractivity contribution is 0.282. The Morgan fingerprint density at radius 2 is 1.93 bits per heavy atom. The van der Waals surface area contributed by atoms with E-state index >= 15 is 0 Å². The molecule has 2 N–H and O–H groups in total. The van der Waals surface area contributed by atoms with Crippen LogP contribution in [0.4, 0.5) is 5.82 Å². The minimum absolute atomic E-state index is 0.328. The summed E-state index contributed by atoms with van der Waals surface area (Å²) in [5.74, 6) is 2.03. The second-order valence-electron chi connectivity index (χ2n) is 8.01. The van der Waals surface area contributed by atoms with E-state index in [0.717, 1.165) is 17.3 Å². The zero-order valence-corrected chi connectivity index (χ0v) is 16.0. The molecular weight excluding hydrogens is 358 g/mol. The summed E-state index contributed by atoms with van der Waals surface area (Å²) in [7, 11) is 0. The Morgan fingerprint density at radius 1 is 1.15 bits per heavy atom. The third-order valence-electron chi connectivity index (χ3n) is 6.24. The van der Waals surface area contributed by atoms with Gasteiger partial charge in [0.15, 0.2) is 0 Å². The number of aromatic nitrogens is 2. The summed E-state index contributed by atoms with van der Waals surface area (Å²) in [6.45, 7) is 2.29. The van der Waals surface area contributed by atoms with Crippen molar-refractivity contribution in [3.05, 3.63) is 63.0 Å². The lowest BCUT2D eigenvalue weighted by atomic mass is 9.70.